The Bertz CT molecular complexity index is 566. The summed E-state index contributed by atoms with van der Waals surface area (Å²) in [6, 6.07) is 9.84. The molecule has 0 bridgehead atoms. The molecule has 20 heavy (non-hydrogen) atoms. The first-order valence-electron chi connectivity index (χ1n) is 6.41. The smallest absolute Gasteiger partial charge is 0.225 e. The molecule has 0 saturated carbocycles. The number of amides is 1. The van der Waals surface area contributed by atoms with E-state index < -0.39 is 0 Å². The Kier molecular flexibility index (Phi) is 4.76. The molecular weight excluding hydrogens is 276 g/mol. The van der Waals surface area contributed by atoms with E-state index in [0.29, 0.717) is 6.54 Å². The van der Waals surface area contributed by atoms with E-state index in [9.17, 15) is 4.79 Å². The Labute approximate surface area is 123 Å². The predicted molar refractivity (Wildman–Crippen MR) is 79.0 cm³/mol. The third kappa shape index (κ3) is 3.00. The topological polar surface area (TPSA) is 59.0 Å². The van der Waals surface area contributed by atoms with Crippen molar-refractivity contribution in [1.82, 2.24) is 20.4 Å². The summed E-state index contributed by atoms with van der Waals surface area (Å²) in [5.74, 6) is 0.242. The number of carbonyl (C=O) groups excluding carboxylic acids is 1. The quantitative estimate of drug-likeness (QED) is 0.888. The van der Waals surface area contributed by atoms with Crippen LogP contribution in [0.3, 0.4) is 0 Å². The molecule has 0 spiro atoms. The molecule has 1 saturated heterocycles. The van der Waals surface area contributed by atoms with Crippen molar-refractivity contribution in [2.75, 3.05) is 13.1 Å². The van der Waals surface area contributed by atoms with Crippen LogP contribution in [0, 0.1) is 5.92 Å². The molecule has 0 atom stereocenters. The first-order chi connectivity index (χ1) is 9.34. The van der Waals surface area contributed by atoms with Crippen molar-refractivity contribution in [2.24, 2.45) is 5.92 Å². The maximum absolute atomic E-state index is 11.8. The maximum Gasteiger partial charge on any atom is 0.225 e. The molecule has 6 heteroatoms. The molecule has 0 radical (unpaired) electrons. The highest BCUT2D eigenvalue weighted by Crippen LogP contribution is 2.13. The van der Waals surface area contributed by atoms with Crippen LogP contribution in [0.2, 0.25) is 0 Å². The number of halogens is 1. The number of aromatic nitrogens is 2. The minimum atomic E-state index is 0. The Morgan fingerprint density at radius 3 is 2.80 bits per heavy atom. The molecule has 5 nitrogen and oxygen atoms in total. The highest BCUT2D eigenvalue weighted by atomic mass is 35.5. The van der Waals surface area contributed by atoms with Gasteiger partial charge in [-0.05, 0) is 17.7 Å². The number of carbonyl (C=O) groups is 1. The van der Waals surface area contributed by atoms with E-state index in [-0.39, 0.29) is 24.2 Å². The predicted octanol–water partition coefficient (Wildman–Crippen LogP) is 1.13. The molecule has 0 aliphatic carbocycles. The van der Waals surface area contributed by atoms with Crippen LogP contribution in [0.4, 0.5) is 0 Å². The highest BCUT2D eigenvalue weighted by molar-refractivity contribution is 5.85. The summed E-state index contributed by atoms with van der Waals surface area (Å²) in [6.07, 6.45) is 3.64. The van der Waals surface area contributed by atoms with Gasteiger partial charge in [-0.1, -0.05) is 18.2 Å². The Hall–Kier alpha value is -1.85. The number of nitrogens with zero attached hydrogens (tertiary/aromatic N) is 2. The van der Waals surface area contributed by atoms with Crippen LogP contribution >= 0.6 is 12.4 Å². The third-order valence-corrected chi connectivity index (χ3v) is 3.35. The normalized spacial score (nSPS) is 14.2. The van der Waals surface area contributed by atoms with Crippen molar-refractivity contribution in [1.29, 1.82) is 0 Å². The second-order valence-corrected chi connectivity index (χ2v) is 4.65. The van der Waals surface area contributed by atoms with Gasteiger partial charge in [-0.15, -0.1) is 12.4 Å². The first kappa shape index (κ1) is 14.6. The molecule has 1 aromatic carbocycles. The average molecular weight is 293 g/mol. The molecular formula is C14H17ClN4O. The van der Waals surface area contributed by atoms with Crippen molar-refractivity contribution >= 4 is 18.3 Å². The molecule has 1 fully saturated rings. The first-order valence-corrected chi connectivity index (χ1v) is 6.41. The van der Waals surface area contributed by atoms with Gasteiger partial charge in [-0.25, -0.2) is 4.68 Å². The second-order valence-electron chi connectivity index (χ2n) is 4.65. The molecule has 1 aliphatic heterocycles. The zero-order valence-electron chi connectivity index (χ0n) is 11.0. The summed E-state index contributed by atoms with van der Waals surface area (Å²) in [7, 11) is 0. The van der Waals surface area contributed by atoms with Gasteiger partial charge in [0.05, 0.1) is 11.6 Å². The number of nitrogens with one attached hydrogen (secondary N) is 2. The zero-order valence-corrected chi connectivity index (χ0v) is 11.8. The fourth-order valence-corrected chi connectivity index (χ4v) is 2.10. The standard InChI is InChI=1S/C14H16N4O.ClH/c19-14(12-8-15-9-12)16-10-11-4-1-2-5-13(11)18-7-3-6-17-18;/h1-7,12,15H,8-10H2,(H,16,19);1H. The Morgan fingerprint density at radius 1 is 1.35 bits per heavy atom. The van der Waals surface area contributed by atoms with E-state index in [0.717, 1.165) is 24.3 Å². The minimum Gasteiger partial charge on any atom is -0.352 e. The molecule has 106 valence electrons. The highest BCUT2D eigenvalue weighted by Gasteiger charge is 2.24. The molecule has 2 heterocycles. The van der Waals surface area contributed by atoms with E-state index in [4.69, 9.17) is 0 Å². The van der Waals surface area contributed by atoms with Gasteiger partial charge in [0.2, 0.25) is 5.91 Å². The molecule has 0 unspecified atom stereocenters. The van der Waals surface area contributed by atoms with Crippen LogP contribution in [0.5, 0.6) is 0 Å². The number of hydrogen-bond acceptors (Lipinski definition) is 3. The Morgan fingerprint density at radius 2 is 2.15 bits per heavy atom. The molecule has 1 aliphatic rings. The summed E-state index contributed by atoms with van der Waals surface area (Å²) in [5.41, 5.74) is 2.06. The number of para-hydroxylation sites is 1. The van der Waals surface area contributed by atoms with Gasteiger partial charge in [0.25, 0.3) is 0 Å². The van der Waals surface area contributed by atoms with E-state index >= 15 is 0 Å². The van der Waals surface area contributed by atoms with Crippen LogP contribution < -0.4 is 10.6 Å². The molecule has 1 amide bonds. The van der Waals surface area contributed by atoms with Gasteiger partial charge >= 0.3 is 0 Å². The van der Waals surface area contributed by atoms with Gasteiger partial charge in [0, 0.05) is 32.0 Å². The third-order valence-electron chi connectivity index (χ3n) is 3.35. The summed E-state index contributed by atoms with van der Waals surface area (Å²) in [6.45, 7) is 2.10. The SMILES string of the molecule is Cl.O=C(NCc1ccccc1-n1cccn1)C1CNC1. The van der Waals surface area contributed by atoms with Gasteiger partial charge in [-0.2, -0.15) is 5.10 Å². The maximum atomic E-state index is 11.8. The molecule has 3 rings (SSSR count). The van der Waals surface area contributed by atoms with Crippen molar-refractivity contribution in [3.05, 3.63) is 48.3 Å². The van der Waals surface area contributed by atoms with Gasteiger partial charge in [0.15, 0.2) is 0 Å². The lowest BCUT2D eigenvalue weighted by Gasteiger charge is -2.25. The monoisotopic (exact) mass is 292 g/mol. The number of rotatable bonds is 4. The molecule has 2 aromatic rings. The van der Waals surface area contributed by atoms with Crippen molar-refractivity contribution < 1.29 is 4.79 Å². The second kappa shape index (κ2) is 6.54. The van der Waals surface area contributed by atoms with Crippen molar-refractivity contribution in [3.8, 4) is 5.69 Å². The minimum absolute atomic E-state index is 0. The average Bonchev–Trinajstić information content (AvgIpc) is 2.88. The van der Waals surface area contributed by atoms with Crippen LogP contribution in [-0.4, -0.2) is 28.8 Å². The van der Waals surface area contributed by atoms with Crippen LogP contribution in [0.25, 0.3) is 5.69 Å². The van der Waals surface area contributed by atoms with Crippen molar-refractivity contribution in [3.63, 3.8) is 0 Å². The van der Waals surface area contributed by atoms with E-state index in [1.54, 1.807) is 6.20 Å². The largest absolute Gasteiger partial charge is 0.352 e. The fourth-order valence-electron chi connectivity index (χ4n) is 2.10. The number of hydrogen-bond donors (Lipinski definition) is 2. The van der Waals surface area contributed by atoms with Crippen LogP contribution in [-0.2, 0) is 11.3 Å². The number of benzene rings is 1. The van der Waals surface area contributed by atoms with E-state index in [1.165, 1.54) is 0 Å². The van der Waals surface area contributed by atoms with Crippen LogP contribution in [0.15, 0.2) is 42.7 Å². The summed E-state index contributed by atoms with van der Waals surface area (Å²) in [4.78, 5) is 11.8. The molecule has 2 N–H and O–H groups in total. The van der Waals surface area contributed by atoms with Gasteiger partial charge in [0.1, 0.15) is 0 Å². The lowest BCUT2D eigenvalue weighted by atomic mass is 10.0. The van der Waals surface area contributed by atoms with E-state index in [1.807, 2.05) is 41.2 Å². The summed E-state index contributed by atoms with van der Waals surface area (Å²) < 4.78 is 1.81. The van der Waals surface area contributed by atoms with Gasteiger partial charge < -0.3 is 10.6 Å². The summed E-state index contributed by atoms with van der Waals surface area (Å²) >= 11 is 0. The van der Waals surface area contributed by atoms with Crippen molar-refractivity contribution in [2.45, 2.75) is 6.54 Å². The Balaban J connectivity index is 0.00000147. The fraction of sp³-hybridized carbons (Fsp3) is 0.286. The van der Waals surface area contributed by atoms with E-state index in [2.05, 4.69) is 15.7 Å². The summed E-state index contributed by atoms with van der Waals surface area (Å²) in [5, 5.41) is 10.3. The lowest BCUT2D eigenvalue weighted by molar-refractivity contribution is -0.126. The lowest BCUT2D eigenvalue weighted by Crippen LogP contribution is -2.50. The molecule has 1 aromatic heterocycles. The van der Waals surface area contributed by atoms with Crippen LogP contribution in [0.1, 0.15) is 5.56 Å². The zero-order chi connectivity index (χ0) is 13.1. The van der Waals surface area contributed by atoms with Gasteiger partial charge in [-0.3, -0.25) is 4.79 Å².